The van der Waals surface area contributed by atoms with E-state index >= 15 is 0 Å². The summed E-state index contributed by atoms with van der Waals surface area (Å²) in [7, 11) is 1.74. The lowest BCUT2D eigenvalue weighted by atomic mass is 9.98. The summed E-state index contributed by atoms with van der Waals surface area (Å²) in [6.45, 7) is 0. The molecule has 6 heteroatoms. The average Bonchev–Trinajstić information content (AvgIpc) is 2.84. The van der Waals surface area contributed by atoms with Crippen molar-refractivity contribution in [1.82, 2.24) is 14.8 Å². The van der Waals surface area contributed by atoms with Gasteiger partial charge in [0.2, 0.25) is 0 Å². The molecule has 23 heavy (non-hydrogen) atoms. The summed E-state index contributed by atoms with van der Waals surface area (Å²) in [6, 6.07) is 9.65. The number of carbonyl (C=O) groups is 1. The number of carboxylic acid groups (broad SMARTS) is 1. The molecule has 0 saturated heterocycles. The fourth-order valence-electron chi connectivity index (χ4n) is 2.61. The van der Waals surface area contributed by atoms with Crippen molar-refractivity contribution in [2.45, 2.75) is 6.42 Å². The summed E-state index contributed by atoms with van der Waals surface area (Å²) in [6.07, 6.45) is 3.09. The van der Waals surface area contributed by atoms with Gasteiger partial charge in [-0.25, -0.2) is 4.39 Å². The van der Waals surface area contributed by atoms with Crippen molar-refractivity contribution in [3.8, 4) is 22.4 Å². The van der Waals surface area contributed by atoms with Crippen molar-refractivity contribution in [3.63, 3.8) is 0 Å². The van der Waals surface area contributed by atoms with Crippen LogP contribution in [0.2, 0.25) is 0 Å². The molecular formula is C17H14FN3O2. The molecule has 3 aromatic rings. The molecule has 0 aliphatic heterocycles. The van der Waals surface area contributed by atoms with Gasteiger partial charge in [-0.05, 0) is 42.0 Å². The number of aromatic nitrogens is 3. The lowest BCUT2D eigenvalue weighted by molar-refractivity contribution is -0.136. The first-order valence-corrected chi connectivity index (χ1v) is 7.00. The van der Waals surface area contributed by atoms with Gasteiger partial charge in [0.1, 0.15) is 5.82 Å². The maximum absolute atomic E-state index is 13.2. The third kappa shape index (κ3) is 2.96. The second kappa shape index (κ2) is 6.00. The van der Waals surface area contributed by atoms with Crippen molar-refractivity contribution < 1.29 is 14.3 Å². The van der Waals surface area contributed by atoms with Gasteiger partial charge in [0.15, 0.2) is 0 Å². The molecular weight excluding hydrogens is 297 g/mol. The summed E-state index contributed by atoms with van der Waals surface area (Å²) in [5, 5.41) is 13.5. The Morgan fingerprint density at radius 2 is 1.78 bits per heavy atom. The van der Waals surface area contributed by atoms with Gasteiger partial charge in [-0.15, -0.1) is 0 Å². The zero-order valence-corrected chi connectivity index (χ0v) is 12.4. The molecule has 3 rings (SSSR count). The number of carboxylic acids is 1. The minimum atomic E-state index is -0.955. The van der Waals surface area contributed by atoms with E-state index in [0.717, 1.165) is 22.4 Å². The van der Waals surface area contributed by atoms with Crippen LogP contribution in [-0.4, -0.2) is 25.8 Å². The van der Waals surface area contributed by atoms with E-state index in [9.17, 15) is 9.18 Å². The van der Waals surface area contributed by atoms with Gasteiger partial charge in [-0.2, -0.15) is 5.10 Å². The monoisotopic (exact) mass is 311 g/mol. The fourth-order valence-corrected chi connectivity index (χ4v) is 2.61. The molecule has 0 aliphatic carbocycles. The molecule has 0 fully saturated rings. The first-order chi connectivity index (χ1) is 11.1. The average molecular weight is 311 g/mol. The SMILES string of the molecule is Cn1nc(CC(=O)O)c(-c2ccncc2)c1-c1ccc(F)cc1. The highest BCUT2D eigenvalue weighted by Crippen LogP contribution is 2.34. The zero-order valence-electron chi connectivity index (χ0n) is 12.4. The molecule has 0 amide bonds. The van der Waals surface area contributed by atoms with Gasteiger partial charge >= 0.3 is 5.97 Å². The second-order valence-corrected chi connectivity index (χ2v) is 5.11. The predicted octanol–water partition coefficient (Wildman–Crippen LogP) is 2.92. The van der Waals surface area contributed by atoms with Crippen LogP contribution < -0.4 is 0 Å². The van der Waals surface area contributed by atoms with E-state index < -0.39 is 5.97 Å². The van der Waals surface area contributed by atoms with Crippen LogP contribution in [-0.2, 0) is 18.3 Å². The van der Waals surface area contributed by atoms with Gasteiger partial charge in [0.25, 0.3) is 0 Å². The smallest absolute Gasteiger partial charge is 0.309 e. The van der Waals surface area contributed by atoms with Gasteiger partial charge < -0.3 is 5.11 Å². The van der Waals surface area contributed by atoms with Crippen molar-refractivity contribution in [3.05, 3.63) is 60.3 Å². The van der Waals surface area contributed by atoms with Crippen LogP contribution in [0.1, 0.15) is 5.69 Å². The Morgan fingerprint density at radius 1 is 1.13 bits per heavy atom. The molecule has 1 aromatic carbocycles. The quantitative estimate of drug-likeness (QED) is 0.804. The minimum Gasteiger partial charge on any atom is -0.481 e. The maximum Gasteiger partial charge on any atom is 0.309 e. The van der Waals surface area contributed by atoms with Crippen molar-refractivity contribution >= 4 is 5.97 Å². The number of rotatable bonds is 4. The maximum atomic E-state index is 13.2. The molecule has 2 heterocycles. The molecule has 2 aromatic heterocycles. The molecule has 116 valence electrons. The molecule has 5 nitrogen and oxygen atoms in total. The topological polar surface area (TPSA) is 68.0 Å². The summed E-state index contributed by atoms with van der Waals surface area (Å²) in [4.78, 5) is 15.1. The van der Waals surface area contributed by atoms with Crippen LogP contribution in [0.3, 0.4) is 0 Å². The normalized spacial score (nSPS) is 10.7. The number of benzene rings is 1. The van der Waals surface area contributed by atoms with Crippen LogP contribution in [0.5, 0.6) is 0 Å². The first kappa shape index (κ1) is 14.9. The number of hydrogen-bond donors (Lipinski definition) is 1. The standard InChI is InChI=1S/C17H14FN3O2/c1-21-17(12-2-4-13(18)5-3-12)16(11-6-8-19-9-7-11)14(20-21)10-15(22)23/h2-9H,10H2,1H3,(H,22,23). The summed E-state index contributed by atoms with van der Waals surface area (Å²) in [5.41, 5.74) is 3.52. The van der Waals surface area contributed by atoms with Crippen LogP contribution in [0.15, 0.2) is 48.8 Å². The predicted molar refractivity (Wildman–Crippen MR) is 83.2 cm³/mol. The molecule has 0 bridgehead atoms. The highest BCUT2D eigenvalue weighted by Gasteiger charge is 2.20. The summed E-state index contributed by atoms with van der Waals surface area (Å²) >= 11 is 0. The van der Waals surface area contributed by atoms with E-state index in [1.807, 2.05) is 0 Å². The van der Waals surface area contributed by atoms with Gasteiger partial charge in [0.05, 0.1) is 17.8 Å². The number of halogens is 1. The molecule has 0 spiro atoms. The van der Waals surface area contributed by atoms with E-state index in [4.69, 9.17) is 5.11 Å². The molecule has 0 atom stereocenters. The lowest BCUT2D eigenvalue weighted by Crippen LogP contribution is -2.02. The number of pyridine rings is 1. The van der Waals surface area contributed by atoms with E-state index in [1.165, 1.54) is 12.1 Å². The van der Waals surface area contributed by atoms with Crippen molar-refractivity contribution in [1.29, 1.82) is 0 Å². The van der Waals surface area contributed by atoms with Gasteiger partial charge in [-0.3, -0.25) is 14.5 Å². The van der Waals surface area contributed by atoms with Crippen molar-refractivity contribution in [2.75, 3.05) is 0 Å². The molecule has 0 aliphatic rings. The number of aryl methyl sites for hydroxylation is 1. The zero-order chi connectivity index (χ0) is 16.4. The minimum absolute atomic E-state index is 0.188. The Morgan fingerprint density at radius 3 is 2.39 bits per heavy atom. The Bertz CT molecular complexity index is 842. The number of aliphatic carboxylic acids is 1. The van der Waals surface area contributed by atoms with E-state index in [1.54, 1.807) is 48.4 Å². The van der Waals surface area contributed by atoms with Crippen LogP contribution in [0, 0.1) is 5.82 Å². The number of nitrogens with zero attached hydrogens (tertiary/aromatic N) is 3. The lowest BCUT2D eigenvalue weighted by Gasteiger charge is -2.07. The highest BCUT2D eigenvalue weighted by atomic mass is 19.1. The molecule has 0 saturated carbocycles. The van der Waals surface area contributed by atoms with Crippen molar-refractivity contribution in [2.24, 2.45) is 7.05 Å². The van der Waals surface area contributed by atoms with E-state index in [2.05, 4.69) is 10.1 Å². The Kier molecular flexibility index (Phi) is 3.89. The van der Waals surface area contributed by atoms with Gasteiger partial charge in [-0.1, -0.05) is 0 Å². The third-order valence-corrected chi connectivity index (χ3v) is 3.53. The van der Waals surface area contributed by atoms with E-state index in [0.29, 0.717) is 5.69 Å². The highest BCUT2D eigenvalue weighted by molar-refractivity contribution is 5.85. The second-order valence-electron chi connectivity index (χ2n) is 5.11. The molecule has 1 N–H and O–H groups in total. The number of hydrogen-bond acceptors (Lipinski definition) is 3. The Labute approximate surface area is 132 Å². The van der Waals surface area contributed by atoms with Gasteiger partial charge in [0, 0.05) is 30.6 Å². The van der Waals surface area contributed by atoms with Crippen LogP contribution >= 0.6 is 0 Å². The summed E-state index contributed by atoms with van der Waals surface area (Å²) < 4.78 is 14.8. The van der Waals surface area contributed by atoms with Crippen LogP contribution in [0.4, 0.5) is 4.39 Å². The van der Waals surface area contributed by atoms with Crippen LogP contribution in [0.25, 0.3) is 22.4 Å². The molecule has 0 radical (unpaired) electrons. The van der Waals surface area contributed by atoms with E-state index in [-0.39, 0.29) is 12.2 Å². The summed E-state index contributed by atoms with van der Waals surface area (Å²) in [5.74, 6) is -1.28. The fraction of sp³-hybridized carbons (Fsp3) is 0.118. The third-order valence-electron chi connectivity index (χ3n) is 3.53. The Balaban J connectivity index is 2.24. The Hall–Kier alpha value is -3.02. The first-order valence-electron chi connectivity index (χ1n) is 7.00. The largest absolute Gasteiger partial charge is 0.481 e. The molecule has 0 unspecified atom stereocenters.